The molecule has 10 nitrogen and oxygen atoms in total. The normalized spacial score (nSPS) is 27.2. The summed E-state index contributed by atoms with van der Waals surface area (Å²) in [5, 5.41) is 22.1. The number of anilines is 2. The summed E-state index contributed by atoms with van der Waals surface area (Å²) in [5.74, 6) is -6.03. The number of carbonyl (C=O) groups is 4. The van der Waals surface area contributed by atoms with Gasteiger partial charge in [0, 0.05) is 28.1 Å². The van der Waals surface area contributed by atoms with Crippen LogP contribution in [0, 0.1) is 33.8 Å². The predicted octanol–water partition coefficient (Wildman–Crippen LogP) is 6.97. The first kappa shape index (κ1) is 31.9. The summed E-state index contributed by atoms with van der Waals surface area (Å²) in [6.45, 7) is 0. The summed E-state index contributed by atoms with van der Waals surface area (Å²) >= 11 is 13.3. The molecule has 0 bridgehead atoms. The first-order valence-electron chi connectivity index (χ1n) is 16.0. The van der Waals surface area contributed by atoms with Crippen molar-refractivity contribution in [3.63, 3.8) is 0 Å². The third kappa shape index (κ3) is 4.48. The van der Waals surface area contributed by atoms with Crippen molar-refractivity contribution in [1.29, 1.82) is 0 Å². The Balaban J connectivity index is 1.33. The Morgan fingerprint density at radius 1 is 0.780 bits per heavy atom. The van der Waals surface area contributed by atoms with Gasteiger partial charge >= 0.3 is 0 Å². The van der Waals surface area contributed by atoms with Gasteiger partial charge in [-0.1, -0.05) is 77.3 Å². The predicted molar refractivity (Wildman–Crippen MR) is 185 cm³/mol. The van der Waals surface area contributed by atoms with Gasteiger partial charge < -0.3 is 5.11 Å². The molecule has 8 rings (SSSR count). The van der Waals surface area contributed by atoms with E-state index in [0.717, 1.165) is 4.90 Å². The molecule has 4 amide bonds. The van der Waals surface area contributed by atoms with Crippen LogP contribution in [0.25, 0.3) is 0 Å². The van der Waals surface area contributed by atoms with Crippen molar-refractivity contribution in [3.05, 3.63) is 140 Å². The average molecular weight is 709 g/mol. The van der Waals surface area contributed by atoms with Crippen LogP contribution in [0.5, 0.6) is 5.75 Å². The fourth-order valence-electron chi connectivity index (χ4n) is 8.82. The van der Waals surface area contributed by atoms with Crippen LogP contribution < -0.4 is 9.80 Å². The van der Waals surface area contributed by atoms with Crippen molar-refractivity contribution in [2.24, 2.45) is 23.7 Å². The fourth-order valence-corrected chi connectivity index (χ4v) is 9.28. The van der Waals surface area contributed by atoms with E-state index < -0.39 is 63.6 Å². The van der Waals surface area contributed by atoms with Gasteiger partial charge in [0.15, 0.2) is 0 Å². The number of non-ortho nitro benzene ring substituents is 1. The molecule has 2 aliphatic carbocycles. The van der Waals surface area contributed by atoms with Gasteiger partial charge in [-0.25, -0.2) is 4.90 Å². The summed E-state index contributed by atoms with van der Waals surface area (Å²) in [6.07, 6.45) is 2.18. The number of fused-ring (bicyclic) bond motifs is 4. The minimum absolute atomic E-state index is 0.0844. The molecular formula is C38H27Cl2N3O7. The Kier molecular flexibility index (Phi) is 7.43. The maximum atomic E-state index is 15.2. The van der Waals surface area contributed by atoms with Crippen LogP contribution in [0.2, 0.25) is 10.0 Å². The second-order valence-electron chi connectivity index (χ2n) is 13.1. The highest BCUT2D eigenvalue weighted by Gasteiger charge is 2.70. The van der Waals surface area contributed by atoms with Crippen molar-refractivity contribution in [3.8, 4) is 5.75 Å². The highest BCUT2D eigenvalue weighted by Crippen LogP contribution is 2.65. The van der Waals surface area contributed by atoms with Crippen molar-refractivity contribution in [1.82, 2.24) is 0 Å². The molecule has 4 aliphatic rings. The van der Waals surface area contributed by atoms with Crippen molar-refractivity contribution in [2.45, 2.75) is 24.2 Å². The lowest BCUT2D eigenvalue weighted by atomic mass is 9.49. The molecule has 6 atom stereocenters. The van der Waals surface area contributed by atoms with Gasteiger partial charge in [-0.2, -0.15) is 0 Å². The zero-order chi connectivity index (χ0) is 35.1. The number of hydrogen-bond acceptors (Lipinski definition) is 7. The maximum absolute atomic E-state index is 15.2. The summed E-state index contributed by atoms with van der Waals surface area (Å²) in [5.41, 5.74) is 0.615. The number of allylic oxidation sites excluding steroid dienone is 2. The quantitative estimate of drug-likeness (QED) is 0.102. The average Bonchev–Trinajstić information content (AvgIpc) is 3.49. The number of nitro groups is 1. The Hall–Kier alpha value is -5.32. The Morgan fingerprint density at radius 2 is 1.52 bits per heavy atom. The number of carbonyl (C=O) groups excluding carboxylic acids is 4. The van der Waals surface area contributed by atoms with Crippen LogP contribution in [-0.4, -0.2) is 33.7 Å². The molecule has 2 heterocycles. The lowest BCUT2D eigenvalue weighted by Gasteiger charge is -2.51. The van der Waals surface area contributed by atoms with E-state index in [-0.39, 0.29) is 35.0 Å². The van der Waals surface area contributed by atoms with Gasteiger partial charge in [0.1, 0.15) is 5.75 Å². The number of phenolic OH excluding ortho intramolecular Hbond substituents is 1. The van der Waals surface area contributed by atoms with E-state index in [2.05, 4.69) is 0 Å². The molecule has 2 saturated heterocycles. The van der Waals surface area contributed by atoms with Crippen LogP contribution in [0.3, 0.4) is 0 Å². The molecule has 0 spiro atoms. The van der Waals surface area contributed by atoms with Crippen molar-refractivity contribution in [2.75, 3.05) is 9.80 Å². The van der Waals surface area contributed by atoms with Crippen molar-refractivity contribution < 1.29 is 29.2 Å². The van der Waals surface area contributed by atoms with E-state index in [0.29, 0.717) is 27.4 Å². The summed E-state index contributed by atoms with van der Waals surface area (Å²) < 4.78 is 0. The van der Waals surface area contributed by atoms with E-state index in [9.17, 15) is 29.6 Å². The number of benzene rings is 4. The number of nitro benzene ring substituents is 1. The number of rotatable bonds is 5. The fraction of sp³-hybridized carbons (Fsp3) is 0.211. The molecule has 1 N–H and O–H groups in total. The third-order valence-electron chi connectivity index (χ3n) is 10.8. The molecule has 2 aliphatic heterocycles. The van der Waals surface area contributed by atoms with E-state index >= 15 is 4.79 Å². The molecule has 0 aromatic heterocycles. The smallest absolute Gasteiger partial charge is 0.269 e. The number of hydrogen-bond donors (Lipinski definition) is 1. The Morgan fingerprint density at radius 3 is 2.20 bits per heavy atom. The monoisotopic (exact) mass is 707 g/mol. The number of halogens is 2. The molecule has 12 heteroatoms. The van der Waals surface area contributed by atoms with Gasteiger partial charge in [0.05, 0.1) is 39.5 Å². The summed E-state index contributed by atoms with van der Waals surface area (Å²) in [4.78, 5) is 71.3. The topological polar surface area (TPSA) is 138 Å². The molecule has 1 saturated carbocycles. The highest BCUT2D eigenvalue weighted by atomic mass is 35.5. The van der Waals surface area contributed by atoms with Crippen molar-refractivity contribution >= 4 is 63.9 Å². The van der Waals surface area contributed by atoms with Gasteiger partial charge in [-0.05, 0) is 72.4 Å². The standard InChI is InChI=1S/C38H27Cl2N3O7/c39-21-7-4-8-24(17-21)42-35(46)30-19-29-26(15-16-28-32(29)36(47)41(34(28)45)22-9-11-23(12-10-22)43(49)50)33(27-14-13-25(44)18-31(27)40)38(30,37(42)48)20-5-2-1-3-6-20/h1-15,17-18,28-30,32-33,44H,16,19H2. The maximum Gasteiger partial charge on any atom is 0.269 e. The molecule has 4 aromatic rings. The third-order valence-corrected chi connectivity index (χ3v) is 11.3. The zero-order valence-electron chi connectivity index (χ0n) is 26.1. The lowest BCUT2D eigenvalue weighted by Crippen LogP contribution is -2.53. The van der Waals surface area contributed by atoms with Gasteiger partial charge in [0.2, 0.25) is 23.6 Å². The van der Waals surface area contributed by atoms with Crippen LogP contribution >= 0.6 is 23.2 Å². The number of phenols is 1. The summed E-state index contributed by atoms with van der Waals surface area (Å²) in [7, 11) is 0. The number of amides is 4. The SMILES string of the molecule is O=C1C2CC=C3C(CC4C(=O)N(c5cccc(Cl)c5)C(=O)C4(c4ccccc4)C3c3ccc(O)cc3Cl)C2C(=O)N1c1ccc([N+](=O)[O-])cc1. The molecule has 4 aromatic carbocycles. The van der Waals surface area contributed by atoms with Crippen LogP contribution in [0.1, 0.15) is 29.9 Å². The second kappa shape index (κ2) is 11.6. The van der Waals surface area contributed by atoms with Gasteiger partial charge in [-0.3, -0.25) is 34.2 Å². The van der Waals surface area contributed by atoms with E-state index in [4.69, 9.17) is 23.2 Å². The molecule has 3 fully saturated rings. The number of nitrogens with zero attached hydrogens (tertiary/aromatic N) is 3. The minimum Gasteiger partial charge on any atom is -0.508 e. The first-order valence-corrected chi connectivity index (χ1v) is 16.8. The highest BCUT2D eigenvalue weighted by molar-refractivity contribution is 6.33. The zero-order valence-corrected chi connectivity index (χ0v) is 27.6. The van der Waals surface area contributed by atoms with Gasteiger partial charge in [-0.15, -0.1) is 0 Å². The summed E-state index contributed by atoms with van der Waals surface area (Å²) in [6, 6.07) is 25.3. The van der Waals surface area contributed by atoms with E-state index in [1.807, 2.05) is 24.3 Å². The van der Waals surface area contributed by atoms with Gasteiger partial charge in [0.25, 0.3) is 5.69 Å². The molecule has 6 unspecified atom stereocenters. The second-order valence-corrected chi connectivity index (χ2v) is 13.9. The lowest BCUT2D eigenvalue weighted by molar-refractivity contribution is -0.384. The molecular weight excluding hydrogens is 681 g/mol. The van der Waals surface area contributed by atoms with E-state index in [1.54, 1.807) is 42.5 Å². The Labute approximate surface area is 295 Å². The minimum atomic E-state index is -1.51. The molecule has 50 heavy (non-hydrogen) atoms. The molecule has 250 valence electrons. The number of aromatic hydroxyl groups is 1. The van der Waals surface area contributed by atoms with Crippen LogP contribution in [0.4, 0.5) is 17.1 Å². The number of imide groups is 2. The molecule has 0 radical (unpaired) electrons. The Bertz CT molecular complexity index is 2170. The van der Waals surface area contributed by atoms with E-state index in [1.165, 1.54) is 41.3 Å². The first-order chi connectivity index (χ1) is 24.0. The van der Waals surface area contributed by atoms with Crippen LogP contribution in [-0.2, 0) is 24.6 Å². The van der Waals surface area contributed by atoms with Crippen LogP contribution in [0.15, 0.2) is 109 Å². The largest absolute Gasteiger partial charge is 0.508 e.